The van der Waals surface area contributed by atoms with Crippen LogP contribution >= 0.6 is 0 Å². The molecule has 0 radical (unpaired) electrons. The molecule has 0 aromatic heterocycles. The monoisotopic (exact) mass is 299 g/mol. The van der Waals surface area contributed by atoms with Crippen LogP contribution in [0.2, 0.25) is 0 Å². The van der Waals surface area contributed by atoms with Gasteiger partial charge in [-0.15, -0.1) is 0 Å². The molecule has 1 N–H and O–H groups in total. The molecule has 128 valence electrons. The zero-order valence-corrected chi connectivity index (χ0v) is 16.1. The van der Waals surface area contributed by atoms with Crippen molar-refractivity contribution in [2.75, 3.05) is 45.8 Å². The second-order valence-corrected chi connectivity index (χ2v) is 8.02. The average molecular weight is 300 g/mol. The van der Waals surface area contributed by atoms with Crippen molar-refractivity contribution < 1.29 is 0 Å². The molecular weight excluding hydrogens is 258 g/mol. The van der Waals surface area contributed by atoms with Crippen molar-refractivity contribution in [2.24, 2.45) is 5.41 Å². The molecule has 0 amide bonds. The fraction of sp³-hybridized carbons (Fsp3) is 1.00. The molecule has 0 unspecified atom stereocenters. The molecule has 0 aromatic rings. The first kappa shape index (κ1) is 20.9. The third kappa shape index (κ3) is 11.1. The Morgan fingerprint density at radius 2 is 1.24 bits per heavy atom. The maximum atomic E-state index is 3.65. The van der Waals surface area contributed by atoms with E-state index < -0.39 is 0 Å². The van der Waals surface area contributed by atoms with Crippen LogP contribution in [0, 0.1) is 5.41 Å². The Labute approximate surface area is 134 Å². The van der Waals surface area contributed by atoms with E-state index in [1.807, 2.05) is 0 Å². The molecule has 0 heterocycles. The second kappa shape index (κ2) is 9.81. The van der Waals surface area contributed by atoms with E-state index in [0.717, 1.165) is 13.1 Å². The number of rotatable bonds is 11. The summed E-state index contributed by atoms with van der Waals surface area (Å²) in [5.74, 6) is 0. The molecule has 0 rings (SSSR count). The van der Waals surface area contributed by atoms with E-state index in [1.54, 1.807) is 0 Å². The summed E-state index contributed by atoms with van der Waals surface area (Å²) in [7, 11) is 0. The van der Waals surface area contributed by atoms with Crippen LogP contribution in [-0.2, 0) is 0 Å². The summed E-state index contributed by atoms with van der Waals surface area (Å²) in [5, 5.41) is 3.65. The molecule has 0 bridgehead atoms. The maximum Gasteiger partial charge on any atom is 0.00967 e. The van der Waals surface area contributed by atoms with Crippen molar-refractivity contribution in [3.8, 4) is 0 Å². The predicted molar refractivity (Wildman–Crippen MR) is 96.1 cm³/mol. The SMILES string of the molecule is CCN(CC)CCCN(CC)CC(C)(C)CNC(C)(C)C. The Kier molecular flexibility index (Phi) is 9.75. The third-order valence-corrected chi connectivity index (χ3v) is 4.04. The predicted octanol–water partition coefficient (Wildman–Crippen LogP) is 3.45. The van der Waals surface area contributed by atoms with Crippen LogP contribution in [-0.4, -0.2) is 61.2 Å². The smallest absolute Gasteiger partial charge is 0.00967 e. The second-order valence-electron chi connectivity index (χ2n) is 8.02. The molecule has 0 atom stereocenters. The van der Waals surface area contributed by atoms with Gasteiger partial charge in [0.05, 0.1) is 0 Å². The third-order valence-electron chi connectivity index (χ3n) is 4.04. The first-order chi connectivity index (χ1) is 9.63. The highest BCUT2D eigenvalue weighted by Crippen LogP contribution is 2.17. The van der Waals surface area contributed by atoms with Gasteiger partial charge in [0.15, 0.2) is 0 Å². The summed E-state index contributed by atoms with van der Waals surface area (Å²) >= 11 is 0. The van der Waals surface area contributed by atoms with Crippen LogP contribution in [0.1, 0.15) is 61.8 Å². The lowest BCUT2D eigenvalue weighted by atomic mass is 9.91. The summed E-state index contributed by atoms with van der Waals surface area (Å²) in [5.41, 5.74) is 0.523. The largest absolute Gasteiger partial charge is 0.311 e. The van der Waals surface area contributed by atoms with E-state index in [1.165, 1.54) is 39.1 Å². The highest BCUT2D eigenvalue weighted by Gasteiger charge is 2.23. The van der Waals surface area contributed by atoms with Gasteiger partial charge in [-0.2, -0.15) is 0 Å². The van der Waals surface area contributed by atoms with E-state index in [4.69, 9.17) is 0 Å². The minimum atomic E-state index is 0.205. The fourth-order valence-corrected chi connectivity index (χ4v) is 2.57. The molecule has 0 fully saturated rings. The molecule has 0 saturated carbocycles. The Hall–Kier alpha value is -0.120. The highest BCUT2D eigenvalue weighted by molar-refractivity contribution is 4.80. The Morgan fingerprint density at radius 3 is 1.67 bits per heavy atom. The van der Waals surface area contributed by atoms with Crippen molar-refractivity contribution >= 4 is 0 Å². The van der Waals surface area contributed by atoms with Gasteiger partial charge in [0, 0.05) is 18.6 Å². The van der Waals surface area contributed by atoms with Crippen molar-refractivity contribution in [1.29, 1.82) is 0 Å². The Balaban J connectivity index is 4.16. The van der Waals surface area contributed by atoms with E-state index in [9.17, 15) is 0 Å². The lowest BCUT2D eigenvalue weighted by Crippen LogP contribution is -2.46. The molecular formula is C18H41N3. The number of nitrogens with one attached hydrogen (secondary N) is 1. The van der Waals surface area contributed by atoms with Gasteiger partial charge in [0.1, 0.15) is 0 Å². The van der Waals surface area contributed by atoms with Gasteiger partial charge in [0.25, 0.3) is 0 Å². The van der Waals surface area contributed by atoms with E-state index in [2.05, 4.69) is 70.5 Å². The molecule has 3 nitrogen and oxygen atoms in total. The number of hydrogen-bond acceptors (Lipinski definition) is 3. The summed E-state index contributed by atoms with van der Waals surface area (Å²) < 4.78 is 0. The molecule has 21 heavy (non-hydrogen) atoms. The summed E-state index contributed by atoms with van der Waals surface area (Å²) in [6.07, 6.45) is 1.28. The van der Waals surface area contributed by atoms with Crippen LogP contribution in [0.5, 0.6) is 0 Å². The Morgan fingerprint density at radius 1 is 0.762 bits per heavy atom. The van der Waals surface area contributed by atoms with E-state index in [-0.39, 0.29) is 5.54 Å². The van der Waals surface area contributed by atoms with Crippen molar-refractivity contribution in [3.05, 3.63) is 0 Å². The molecule has 0 aliphatic carbocycles. The molecule has 0 aromatic carbocycles. The van der Waals surface area contributed by atoms with Gasteiger partial charge >= 0.3 is 0 Å². The number of hydrogen-bond donors (Lipinski definition) is 1. The zero-order chi connectivity index (χ0) is 16.5. The standard InChI is InChI=1S/C18H41N3/c1-9-20(10-2)13-12-14-21(11-3)16-18(7,8)15-19-17(4,5)6/h19H,9-16H2,1-8H3. The van der Waals surface area contributed by atoms with Crippen molar-refractivity contribution in [1.82, 2.24) is 15.1 Å². The minimum Gasteiger partial charge on any atom is -0.311 e. The molecule has 0 aliphatic rings. The van der Waals surface area contributed by atoms with E-state index >= 15 is 0 Å². The minimum absolute atomic E-state index is 0.205. The molecule has 0 aliphatic heterocycles. The lowest BCUT2D eigenvalue weighted by molar-refractivity contribution is 0.163. The Bertz CT molecular complexity index is 252. The van der Waals surface area contributed by atoms with Gasteiger partial charge in [-0.05, 0) is 65.3 Å². The number of nitrogens with zero attached hydrogens (tertiary/aromatic N) is 2. The van der Waals surface area contributed by atoms with Gasteiger partial charge in [-0.1, -0.05) is 34.6 Å². The first-order valence-electron chi connectivity index (χ1n) is 8.83. The van der Waals surface area contributed by atoms with Crippen LogP contribution in [0.3, 0.4) is 0 Å². The highest BCUT2D eigenvalue weighted by atomic mass is 15.1. The quantitative estimate of drug-likeness (QED) is 0.630. The first-order valence-corrected chi connectivity index (χ1v) is 8.83. The van der Waals surface area contributed by atoms with Crippen LogP contribution < -0.4 is 5.32 Å². The molecule has 3 heteroatoms. The maximum absolute atomic E-state index is 3.65. The van der Waals surface area contributed by atoms with Gasteiger partial charge < -0.3 is 15.1 Å². The zero-order valence-electron chi connectivity index (χ0n) is 16.1. The normalized spacial score (nSPS) is 13.4. The summed E-state index contributed by atoms with van der Waals surface area (Å²) in [6.45, 7) is 26.4. The van der Waals surface area contributed by atoms with Gasteiger partial charge in [-0.25, -0.2) is 0 Å². The van der Waals surface area contributed by atoms with Gasteiger partial charge in [-0.3, -0.25) is 0 Å². The molecule has 0 saturated heterocycles. The van der Waals surface area contributed by atoms with Crippen molar-refractivity contribution in [2.45, 2.75) is 67.3 Å². The van der Waals surface area contributed by atoms with Gasteiger partial charge in [0.2, 0.25) is 0 Å². The van der Waals surface area contributed by atoms with E-state index in [0.29, 0.717) is 5.41 Å². The summed E-state index contributed by atoms with van der Waals surface area (Å²) in [6, 6.07) is 0. The molecule has 0 spiro atoms. The topological polar surface area (TPSA) is 18.5 Å². The van der Waals surface area contributed by atoms with Crippen LogP contribution in [0.4, 0.5) is 0 Å². The van der Waals surface area contributed by atoms with Crippen LogP contribution in [0.25, 0.3) is 0 Å². The average Bonchev–Trinajstić information content (AvgIpc) is 2.39. The van der Waals surface area contributed by atoms with Crippen LogP contribution in [0.15, 0.2) is 0 Å². The lowest BCUT2D eigenvalue weighted by Gasteiger charge is -2.35. The fourth-order valence-electron chi connectivity index (χ4n) is 2.57. The summed E-state index contributed by atoms with van der Waals surface area (Å²) in [4.78, 5) is 5.12. The van der Waals surface area contributed by atoms with Crippen molar-refractivity contribution in [3.63, 3.8) is 0 Å².